The highest BCUT2D eigenvalue weighted by Crippen LogP contribution is 2.35. The van der Waals surface area contributed by atoms with E-state index in [1.165, 1.54) is 33.8 Å². The first-order valence-corrected chi connectivity index (χ1v) is 35.3. The van der Waals surface area contributed by atoms with Gasteiger partial charge in [-0.15, -0.1) is 34.0 Å². The SMILES string of the molecule is COc1cccc(CS(=O)(=O)c2ccc(-c3ccnc(Cc4cccc(C(C)O)c4)n3)s2)c1.Cc1cccc(CS(=O)(=O)c2ccc(-c3ccnc(Cc4cccc(C(C)O)c4)n3)s2)c1.Cc1cccc(Cc2nccc(-c3ccc(NCc4ccccn4)s3)n2)c1. The number of sulfone groups is 2. The van der Waals surface area contributed by atoms with Gasteiger partial charge in [0.05, 0.1) is 79.8 Å². The number of hydrogen-bond acceptors (Lipinski definition) is 18. The number of rotatable bonds is 21. The minimum Gasteiger partial charge on any atom is -0.497 e. The summed E-state index contributed by atoms with van der Waals surface area (Å²) in [6.45, 7) is 8.23. The summed E-state index contributed by atoms with van der Waals surface area (Å²) in [7, 11) is -5.38. The van der Waals surface area contributed by atoms with Gasteiger partial charge in [-0.05, 0) is 146 Å². The first kappa shape index (κ1) is 65.9. The predicted molar refractivity (Wildman–Crippen MR) is 367 cm³/mol. The average Bonchev–Trinajstić information content (AvgIpc) is 1.92. The molecule has 7 heterocycles. The molecule has 12 aromatic rings. The van der Waals surface area contributed by atoms with Crippen LogP contribution in [-0.4, -0.2) is 69.0 Å². The lowest BCUT2D eigenvalue weighted by Gasteiger charge is -2.07. The number of pyridine rings is 1. The molecule has 0 fully saturated rings. The van der Waals surface area contributed by atoms with Crippen LogP contribution >= 0.6 is 34.0 Å². The molecule has 0 spiro atoms. The van der Waals surface area contributed by atoms with Gasteiger partial charge in [0.2, 0.25) is 0 Å². The third-order valence-corrected chi connectivity index (χ3v) is 22.2. The molecule has 3 N–H and O–H groups in total. The van der Waals surface area contributed by atoms with E-state index in [9.17, 15) is 27.0 Å². The minimum absolute atomic E-state index is 0.0245. The molecule has 0 aliphatic heterocycles. The van der Waals surface area contributed by atoms with Gasteiger partial charge in [-0.3, -0.25) is 4.98 Å². The van der Waals surface area contributed by atoms with Crippen LogP contribution in [0.3, 0.4) is 0 Å². The number of hydrogen-bond donors (Lipinski definition) is 3. The van der Waals surface area contributed by atoms with Gasteiger partial charge in [0.25, 0.3) is 0 Å². The second kappa shape index (κ2) is 30.9. The van der Waals surface area contributed by atoms with Crippen molar-refractivity contribution in [1.29, 1.82) is 0 Å². The number of methoxy groups -OCH3 is 1. The summed E-state index contributed by atoms with van der Waals surface area (Å²) in [5.41, 5.74) is 12.0. The fourth-order valence-electron chi connectivity index (χ4n) is 9.81. The van der Waals surface area contributed by atoms with Crippen molar-refractivity contribution in [3.8, 4) is 37.5 Å². The summed E-state index contributed by atoms with van der Waals surface area (Å²) in [4.78, 5) is 34.2. The Balaban J connectivity index is 0.000000152. The third kappa shape index (κ3) is 18.6. The number of anilines is 1. The Kier molecular flexibility index (Phi) is 22.1. The van der Waals surface area contributed by atoms with Crippen LogP contribution < -0.4 is 10.1 Å². The van der Waals surface area contributed by atoms with Crippen molar-refractivity contribution in [2.24, 2.45) is 0 Å². The monoisotopic (exact) mass is 1320 g/mol. The van der Waals surface area contributed by atoms with E-state index in [0.717, 1.165) is 76.6 Å². The van der Waals surface area contributed by atoms with Crippen LogP contribution in [0.1, 0.15) is 99.3 Å². The van der Waals surface area contributed by atoms with E-state index in [2.05, 4.69) is 78.5 Å². The molecule has 20 heteroatoms. The molecule has 468 valence electrons. The fraction of sp³-hybridized carbons (Fsp3) is 0.181. The van der Waals surface area contributed by atoms with Crippen molar-refractivity contribution in [2.45, 2.75) is 85.6 Å². The normalized spacial score (nSPS) is 12.0. The van der Waals surface area contributed by atoms with Crippen LogP contribution in [0.15, 0.2) is 227 Å². The fourth-order valence-corrected chi connectivity index (χ4v) is 16.1. The second-order valence-electron chi connectivity index (χ2n) is 21.9. The molecular formula is C72H68N8O7S5. The molecule has 15 nitrogen and oxygen atoms in total. The van der Waals surface area contributed by atoms with E-state index in [1.54, 1.807) is 105 Å². The maximum absolute atomic E-state index is 13.0. The van der Waals surface area contributed by atoms with Crippen molar-refractivity contribution in [2.75, 3.05) is 12.4 Å². The van der Waals surface area contributed by atoms with Gasteiger partial charge < -0.3 is 20.3 Å². The van der Waals surface area contributed by atoms with Gasteiger partial charge >= 0.3 is 0 Å². The molecule has 0 bridgehead atoms. The standard InChI is InChI=1S/C25H24N2O4S2.C25H24N2O3S2.C22H20N4S/c1-17(28)20-7-3-5-18(13-20)15-24-26-12-11-22(27-24)23-9-10-25(32-23)33(29,30)16-19-6-4-8-21(14-19)31-2;1-17-5-3-7-20(13-17)16-32(29,30)25-10-9-23(31-25)22-11-12-26-24(27-22)15-19-6-4-8-21(14-19)18(2)28;1-16-5-4-6-17(13-16)14-21-24-12-10-19(26-21)20-8-9-22(27-20)25-15-18-7-2-3-11-23-18/h3-14,17,28H,15-16H2,1-2H3;3-14,18,28H,15-16H2,1-2H3;2-13,25H,14-15H2,1H3. The van der Waals surface area contributed by atoms with Crippen LogP contribution in [0.25, 0.3) is 31.7 Å². The number of aliphatic hydroxyl groups excluding tert-OH is 2. The van der Waals surface area contributed by atoms with Gasteiger partial charge in [-0.25, -0.2) is 46.7 Å². The highest BCUT2D eigenvalue weighted by Gasteiger charge is 2.22. The zero-order valence-corrected chi connectivity index (χ0v) is 55.4. The van der Waals surface area contributed by atoms with Crippen molar-refractivity contribution in [3.63, 3.8) is 0 Å². The number of benzene rings is 5. The largest absolute Gasteiger partial charge is 0.497 e. The Bertz CT molecular complexity index is 4670. The second-order valence-corrected chi connectivity index (χ2v) is 29.6. The highest BCUT2D eigenvalue weighted by molar-refractivity contribution is 7.93. The maximum Gasteiger partial charge on any atom is 0.191 e. The number of nitrogens with one attached hydrogen (secondary N) is 1. The number of aryl methyl sites for hydroxylation is 2. The predicted octanol–water partition coefficient (Wildman–Crippen LogP) is 15.1. The molecule has 0 saturated carbocycles. The zero-order chi connectivity index (χ0) is 64.6. The summed E-state index contributed by atoms with van der Waals surface area (Å²) in [5.74, 6) is 2.62. The molecule has 5 aromatic carbocycles. The summed E-state index contributed by atoms with van der Waals surface area (Å²) >= 11 is 4.12. The van der Waals surface area contributed by atoms with E-state index in [-0.39, 0.29) is 11.5 Å². The smallest absolute Gasteiger partial charge is 0.191 e. The lowest BCUT2D eigenvalue weighted by Crippen LogP contribution is -2.03. The maximum atomic E-state index is 13.0. The number of aromatic nitrogens is 7. The highest BCUT2D eigenvalue weighted by atomic mass is 32.2. The minimum atomic E-state index is -3.50. The van der Waals surface area contributed by atoms with Gasteiger partial charge in [0, 0.05) is 44.0 Å². The number of aliphatic hydroxyl groups is 2. The Hall–Kier alpha value is -8.99. The van der Waals surface area contributed by atoms with E-state index in [0.29, 0.717) is 62.2 Å². The van der Waals surface area contributed by atoms with E-state index < -0.39 is 31.9 Å². The van der Waals surface area contributed by atoms with Crippen molar-refractivity contribution >= 4 is 58.7 Å². The van der Waals surface area contributed by atoms with Gasteiger partial charge in [-0.1, -0.05) is 126 Å². The topological polar surface area (TPSA) is 220 Å². The molecule has 0 aliphatic carbocycles. The van der Waals surface area contributed by atoms with E-state index >= 15 is 0 Å². The van der Waals surface area contributed by atoms with Gasteiger partial charge in [0.15, 0.2) is 19.7 Å². The zero-order valence-electron chi connectivity index (χ0n) is 51.3. The number of thiophene rings is 3. The van der Waals surface area contributed by atoms with Crippen LogP contribution in [-0.2, 0) is 57.0 Å². The summed E-state index contributed by atoms with van der Waals surface area (Å²) in [6, 6.07) is 61.0. The van der Waals surface area contributed by atoms with E-state index in [1.807, 2.05) is 116 Å². The molecule has 7 aromatic heterocycles. The molecular weight excluding hydrogens is 1250 g/mol. The molecule has 92 heavy (non-hydrogen) atoms. The summed E-state index contributed by atoms with van der Waals surface area (Å²) in [5, 5.41) is 24.1. The van der Waals surface area contributed by atoms with Crippen LogP contribution in [0.2, 0.25) is 0 Å². The quantitative estimate of drug-likeness (QED) is 0.0609. The molecule has 0 amide bonds. The van der Waals surface area contributed by atoms with Crippen molar-refractivity contribution in [1.82, 2.24) is 34.9 Å². The Labute approximate surface area is 549 Å². The molecule has 2 unspecified atom stereocenters. The number of ether oxygens (including phenoxy) is 1. The van der Waals surface area contributed by atoms with Crippen molar-refractivity contribution < 1.29 is 31.8 Å². The van der Waals surface area contributed by atoms with Gasteiger partial charge in [-0.2, -0.15) is 0 Å². The lowest BCUT2D eigenvalue weighted by molar-refractivity contribution is 0.199. The Morgan fingerprint density at radius 2 is 0.880 bits per heavy atom. The summed E-state index contributed by atoms with van der Waals surface area (Å²) < 4.78 is 57.6. The molecule has 0 radical (unpaired) electrons. The van der Waals surface area contributed by atoms with Crippen molar-refractivity contribution in [3.05, 3.63) is 292 Å². The summed E-state index contributed by atoms with van der Waals surface area (Å²) in [6.07, 6.45) is 7.73. The first-order valence-electron chi connectivity index (χ1n) is 29.5. The molecule has 2 atom stereocenters. The Morgan fingerprint density at radius 3 is 1.35 bits per heavy atom. The van der Waals surface area contributed by atoms with Crippen LogP contribution in [0.4, 0.5) is 5.00 Å². The third-order valence-electron chi connectivity index (χ3n) is 14.4. The van der Waals surface area contributed by atoms with Crippen LogP contribution in [0.5, 0.6) is 5.75 Å². The first-order chi connectivity index (χ1) is 44.4. The number of nitrogens with zero attached hydrogens (tertiary/aromatic N) is 7. The Morgan fingerprint density at radius 1 is 0.446 bits per heavy atom. The van der Waals surface area contributed by atoms with E-state index in [4.69, 9.17) is 9.72 Å². The lowest BCUT2D eigenvalue weighted by atomic mass is 10.0. The molecule has 12 rings (SSSR count). The average molecular weight is 1320 g/mol. The molecule has 0 aliphatic rings. The van der Waals surface area contributed by atoms with Gasteiger partial charge in [0.1, 0.15) is 31.6 Å². The molecule has 0 saturated heterocycles. The van der Waals surface area contributed by atoms with Crippen LogP contribution in [0, 0.1) is 13.8 Å².